The smallest absolute Gasteiger partial charge is 0.188 e. The van der Waals surface area contributed by atoms with Gasteiger partial charge in [0.1, 0.15) is 24.4 Å². The topological polar surface area (TPSA) is 40.1 Å². The molecule has 0 aliphatic carbocycles. The fourth-order valence-electron chi connectivity index (χ4n) is 2.62. The second-order valence-electron chi connectivity index (χ2n) is 5.01. The summed E-state index contributed by atoms with van der Waals surface area (Å²) in [5, 5.41) is 9.29. The lowest BCUT2D eigenvalue weighted by Crippen LogP contribution is -2.28. The van der Waals surface area contributed by atoms with Crippen molar-refractivity contribution >= 4 is 5.69 Å². The summed E-state index contributed by atoms with van der Waals surface area (Å²) in [7, 11) is 3.60. The van der Waals surface area contributed by atoms with E-state index in [1.807, 2.05) is 36.1 Å². The van der Waals surface area contributed by atoms with Gasteiger partial charge in [-0.25, -0.2) is 4.57 Å². The molecule has 20 heavy (non-hydrogen) atoms. The van der Waals surface area contributed by atoms with Gasteiger partial charge in [0, 0.05) is 19.2 Å². The summed E-state index contributed by atoms with van der Waals surface area (Å²) in [5.41, 5.74) is 4.25. The molecular formula is C16H16N3O+. The van der Waals surface area contributed by atoms with Crippen LogP contribution in [-0.4, -0.2) is 7.11 Å². The molecule has 2 aromatic rings. The zero-order valence-electron chi connectivity index (χ0n) is 11.6. The van der Waals surface area contributed by atoms with Crippen LogP contribution in [0, 0.1) is 11.3 Å². The summed E-state index contributed by atoms with van der Waals surface area (Å²) < 4.78 is 7.16. The first kappa shape index (κ1) is 12.5. The Morgan fingerprint density at radius 1 is 1.25 bits per heavy atom. The average Bonchev–Trinajstić information content (AvgIpc) is 2.89. The van der Waals surface area contributed by atoms with Gasteiger partial charge >= 0.3 is 0 Å². The summed E-state index contributed by atoms with van der Waals surface area (Å²) in [4.78, 5) is 2.22. The van der Waals surface area contributed by atoms with Gasteiger partial charge in [-0.3, -0.25) is 0 Å². The van der Waals surface area contributed by atoms with Gasteiger partial charge in [-0.05, 0) is 23.3 Å². The van der Waals surface area contributed by atoms with Crippen molar-refractivity contribution in [1.82, 2.24) is 0 Å². The van der Waals surface area contributed by atoms with Crippen LogP contribution in [0.1, 0.15) is 16.7 Å². The van der Waals surface area contributed by atoms with Crippen LogP contribution in [0.15, 0.2) is 36.7 Å². The molecule has 1 aliphatic heterocycles. The molecule has 2 heterocycles. The van der Waals surface area contributed by atoms with Crippen LogP contribution < -0.4 is 14.2 Å². The van der Waals surface area contributed by atoms with Crippen molar-refractivity contribution in [3.63, 3.8) is 0 Å². The first-order valence-corrected chi connectivity index (χ1v) is 6.51. The number of methoxy groups -OCH3 is 1. The molecule has 0 N–H and O–H groups in total. The van der Waals surface area contributed by atoms with Gasteiger partial charge in [-0.1, -0.05) is 6.07 Å². The standard InChI is InChI=1S/C16H16N3O/c1-18-6-5-16(14(8-17)9-18)19-10-12-3-4-15(20-2)7-13(12)11-19/h3-7,9H,10-11H2,1-2H3/q+1. The summed E-state index contributed by atoms with van der Waals surface area (Å²) >= 11 is 0. The molecule has 1 aromatic carbocycles. The molecule has 3 rings (SSSR count). The van der Waals surface area contributed by atoms with Crippen molar-refractivity contribution < 1.29 is 9.30 Å². The minimum absolute atomic E-state index is 0.703. The van der Waals surface area contributed by atoms with Crippen LogP contribution in [0.5, 0.6) is 5.75 Å². The lowest BCUT2D eigenvalue weighted by atomic mass is 10.1. The number of ether oxygens (including phenoxy) is 1. The summed E-state index contributed by atoms with van der Waals surface area (Å²) in [6.45, 7) is 1.65. The number of anilines is 1. The van der Waals surface area contributed by atoms with E-state index >= 15 is 0 Å². The highest BCUT2D eigenvalue weighted by atomic mass is 16.5. The Bertz CT molecular complexity index is 703. The zero-order chi connectivity index (χ0) is 14.1. The Morgan fingerprint density at radius 3 is 2.80 bits per heavy atom. The normalized spacial score (nSPS) is 12.9. The molecular weight excluding hydrogens is 250 g/mol. The Hall–Kier alpha value is -2.54. The number of benzene rings is 1. The number of nitriles is 1. The maximum Gasteiger partial charge on any atom is 0.188 e. The second-order valence-corrected chi connectivity index (χ2v) is 5.01. The Labute approximate surface area is 118 Å². The molecule has 0 bridgehead atoms. The number of hydrogen-bond acceptors (Lipinski definition) is 3. The molecule has 1 aromatic heterocycles. The highest BCUT2D eigenvalue weighted by Gasteiger charge is 2.22. The van der Waals surface area contributed by atoms with Gasteiger partial charge in [-0.2, -0.15) is 5.26 Å². The number of rotatable bonds is 2. The van der Waals surface area contributed by atoms with E-state index in [2.05, 4.69) is 23.1 Å². The maximum absolute atomic E-state index is 9.29. The molecule has 0 amide bonds. The van der Waals surface area contributed by atoms with Gasteiger partial charge in [0.25, 0.3) is 0 Å². The first-order chi connectivity index (χ1) is 9.71. The number of nitrogens with zero attached hydrogens (tertiary/aromatic N) is 3. The third kappa shape index (κ3) is 2.08. The SMILES string of the molecule is COc1ccc2c(c1)CN(c1cc[n+](C)cc1C#N)C2. The number of pyridine rings is 1. The zero-order valence-corrected chi connectivity index (χ0v) is 11.6. The van der Waals surface area contributed by atoms with Crippen molar-refractivity contribution in [2.45, 2.75) is 13.1 Å². The first-order valence-electron chi connectivity index (χ1n) is 6.51. The third-order valence-corrected chi connectivity index (χ3v) is 3.67. The number of aryl methyl sites for hydroxylation is 1. The second kappa shape index (κ2) is 4.86. The summed E-state index contributed by atoms with van der Waals surface area (Å²) in [5.74, 6) is 0.880. The predicted octanol–water partition coefficient (Wildman–Crippen LogP) is 1.91. The Morgan fingerprint density at radius 2 is 2.05 bits per heavy atom. The predicted molar refractivity (Wildman–Crippen MR) is 75.2 cm³/mol. The number of fused-ring (bicyclic) bond motifs is 1. The molecule has 100 valence electrons. The van der Waals surface area contributed by atoms with Gasteiger partial charge in [0.2, 0.25) is 0 Å². The minimum atomic E-state index is 0.703. The van der Waals surface area contributed by atoms with Crippen LogP contribution >= 0.6 is 0 Å². The molecule has 0 spiro atoms. The van der Waals surface area contributed by atoms with E-state index < -0.39 is 0 Å². The van der Waals surface area contributed by atoms with E-state index in [4.69, 9.17) is 4.74 Å². The average molecular weight is 266 g/mol. The van der Waals surface area contributed by atoms with Crippen molar-refractivity contribution in [3.05, 3.63) is 53.3 Å². The van der Waals surface area contributed by atoms with Gasteiger partial charge in [0.05, 0.1) is 12.8 Å². The minimum Gasteiger partial charge on any atom is -0.497 e. The highest BCUT2D eigenvalue weighted by molar-refractivity contribution is 5.60. The largest absolute Gasteiger partial charge is 0.497 e. The molecule has 0 saturated carbocycles. The van der Waals surface area contributed by atoms with Gasteiger partial charge < -0.3 is 9.64 Å². The third-order valence-electron chi connectivity index (χ3n) is 3.67. The van der Waals surface area contributed by atoms with Crippen molar-refractivity contribution in [1.29, 1.82) is 5.26 Å². The van der Waals surface area contributed by atoms with Crippen molar-refractivity contribution in [2.24, 2.45) is 7.05 Å². The van der Waals surface area contributed by atoms with Gasteiger partial charge in [0.15, 0.2) is 12.4 Å². The van der Waals surface area contributed by atoms with E-state index in [0.29, 0.717) is 5.56 Å². The molecule has 0 radical (unpaired) electrons. The fourth-order valence-corrected chi connectivity index (χ4v) is 2.62. The lowest BCUT2D eigenvalue weighted by molar-refractivity contribution is -0.671. The molecule has 4 nitrogen and oxygen atoms in total. The van der Waals surface area contributed by atoms with E-state index in [1.165, 1.54) is 11.1 Å². The monoisotopic (exact) mass is 266 g/mol. The molecule has 4 heteroatoms. The van der Waals surface area contributed by atoms with Crippen molar-refractivity contribution in [3.8, 4) is 11.8 Å². The lowest BCUT2D eigenvalue weighted by Gasteiger charge is -2.17. The van der Waals surface area contributed by atoms with Crippen LogP contribution in [0.2, 0.25) is 0 Å². The quantitative estimate of drug-likeness (QED) is 0.780. The van der Waals surface area contributed by atoms with E-state index in [9.17, 15) is 5.26 Å². The number of aromatic nitrogens is 1. The highest BCUT2D eigenvalue weighted by Crippen LogP contribution is 2.31. The van der Waals surface area contributed by atoms with E-state index in [-0.39, 0.29) is 0 Å². The fraction of sp³-hybridized carbons (Fsp3) is 0.250. The summed E-state index contributed by atoms with van der Waals surface area (Å²) in [6.07, 6.45) is 3.83. The molecule has 0 atom stereocenters. The van der Waals surface area contributed by atoms with Crippen LogP contribution in [0.4, 0.5) is 5.69 Å². The van der Waals surface area contributed by atoms with Crippen LogP contribution in [0.3, 0.4) is 0 Å². The molecule has 0 unspecified atom stereocenters. The Kier molecular flexibility index (Phi) is 3.03. The van der Waals surface area contributed by atoms with Crippen LogP contribution in [-0.2, 0) is 20.1 Å². The molecule has 0 saturated heterocycles. The maximum atomic E-state index is 9.29. The van der Waals surface area contributed by atoms with E-state index in [0.717, 1.165) is 24.5 Å². The van der Waals surface area contributed by atoms with E-state index in [1.54, 1.807) is 7.11 Å². The Balaban J connectivity index is 1.94. The number of hydrogen-bond donors (Lipinski definition) is 0. The van der Waals surface area contributed by atoms with Gasteiger partial charge in [-0.15, -0.1) is 0 Å². The van der Waals surface area contributed by atoms with Crippen molar-refractivity contribution in [2.75, 3.05) is 12.0 Å². The summed E-state index contributed by atoms with van der Waals surface area (Å²) in [6, 6.07) is 10.4. The molecule has 1 aliphatic rings. The van der Waals surface area contributed by atoms with Crippen LogP contribution in [0.25, 0.3) is 0 Å². The molecule has 0 fully saturated rings.